The molecule has 5 heteroatoms. The highest BCUT2D eigenvalue weighted by Gasteiger charge is 2.32. The number of benzene rings is 2. The van der Waals surface area contributed by atoms with Gasteiger partial charge in [-0.15, -0.1) is 11.3 Å². The van der Waals surface area contributed by atoms with Crippen LogP contribution in [0.15, 0.2) is 66.0 Å². The zero-order valence-electron chi connectivity index (χ0n) is 15.1. The minimum atomic E-state index is -0.0480. The smallest absolute Gasteiger partial charge is 0.261 e. The number of thiophene rings is 1. The number of amides is 1. The topological polar surface area (TPSA) is 38.8 Å². The minimum Gasteiger partial charge on any atom is -0.497 e. The average molecular weight is 379 g/mol. The Bertz CT molecular complexity index is 905. The van der Waals surface area contributed by atoms with Crippen molar-refractivity contribution in [1.29, 1.82) is 0 Å². The van der Waals surface area contributed by atoms with E-state index in [-0.39, 0.29) is 18.6 Å². The van der Waals surface area contributed by atoms with E-state index in [4.69, 9.17) is 9.47 Å². The van der Waals surface area contributed by atoms with Crippen LogP contribution in [0.25, 0.3) is 0 Å². The molecule has 1 aliphatic heterocycles. The molecule has 0 N–H and O–H groups in total. The summed E-state index contributed by atoms with van der Waals surface area (Å²) in [6.45, 7) is 0.729. The number of nitrogens with zero attached hydrogens (tertiary/aromatic N) is 1. The predicted octanol–water partition coefficient (Wildman–Crippen LogP) is 4.31. The SMILES string of the molecule is COc1ccc(OCC(=O)N2CCc3sccc3[C@H]2c2ccccc2)cc1. The second-order valence-corrected chi connectivity index (χ2v) is 7.41. The maximum atomic E-state index is 13.0. The molecular formula is C22H21NO3S. The molecule has 0 spiro atoms. The van der Waals surface area contributed by atoms with E-state index in [1.165, 1.54) is 10.4 Å². The Morgan fingerprint density at radius 3 is 2.56 bits per heavy atom. The molecular weight excluding hydrogens is 358 g/mol. The van der Waals surface area contributed by atoms with E-state index in [0.29, 0.717) is 12.3 Å². The van der Waals surface area contributed by atoms with Gasteiger partial charge in [0.15, 0.2) is 6.61 Å². The van der Waals surface area contributed by atoms with Gasteiger partial charge >= 0.3 is 0 Å². The Morgan fingerprint density at radius 2 is 1.81 bits per heavy atom. The van der Waals surface area contributed by atoms with Gasteiger partial charge in [-0.2, -0.15) is 0 Å². The fraction of sp³-hybridized carbons (Fsp3) is 0.227. The van der Waals surface area contributed by atoms with Crippen molar-refractivity contribution >= 4 is 17.2 Å². The van der Waals surface area contributed by atoms with Crippen molar-refractivity contribution in [3.05, 3.63) is 82.0 Å². The normalized spacial score (nSPS) is 15.9. The van der Waals surface area contributed by atoms with Crippen LogP contribution in [0, 0.1) is 0 Å². The quantitative estimate of drug-likeness (QED) is 0.663. The van der Waals surface area contributed by atoms with Gasteiger partial charge in [-0.3, -0.25) is 4.79 Å². The summed E-state index contributed by atoms with van der Waals surface area (Å²) in [6, 6.07) is 19.6. The number of ether oxygens (including phenoxy) is 2. The first-order valence-electron chi connectivity index (χ1n) is 8.94. The molecule has 0 radical (unpaired) electrons. The molecule has 4 rings (SSSR count). The third kappa shape index (κ3) is 3.69. The highest BCUT2D eigenvalue weighted by molar-refractivity contribution is 7.10. The van der Waals surface area contributed by atoms with E-state index in [1.54, 1.807) is 18.4 Å². The average Bonchev–Trinajstić information content (AvgIpc) is 3.21. The molecule has 1 aromatic heterocycles. The summed E-state index contributed by atoms with van der Waals surface area (Å²) in [7, 11) is 1.62. The van der Waals surface area contributed by atoms with Crippen LogP contribution >= 0.6 is 11.3 Å². The lowest BCUT2D eigenvalue weighted by atomic mass is 9.93. The van der Waals surface area contributed by atoms with Gasteiger partial charge in [0, 0.05) is 11.4 Å². The zero-order valence-corrected chi connectivity index (χ0v) is 15.9. The van der Waals surface area contributed by atoms with Crippen LogP contribution in [0.3, 0.4) is 0 Å². The molecule has 4 nitrogen and oxygen atoms in total. The Morgan fingerprint density at radius 1 is 1.07 bits per heavy atom. The molecule has 1 aliphatic rings. The molecule has 0 bridgehead atoms. The van der Waals surface area contributed by atoms with Crippen molar-refractivity contribution in [3.8, 4) is 11.5 Å². The van der Waals surface area contributed by atoms with Crippen molar-refractivity contribution in [1.82, 2.24) is 4.90 Å². The molecule has 0 saturated heterocycles. The number of hydrogen-bond acceptors (Lipinski definition) is 4. The van der Waals surface area contributed by atoms with Crippen LogP contribution in [0.2, 0.25) is 0 Å². The third-order valence-electron chi connectivity index (χ3n) is 4.82. The third-order valence-corrected chi connectivity index (χ3v) is 5.82. The first kappa shape index (κ1) is 17.6. The zero-order chi connectivity index (χ0) is 18.6. The molecule has 2 heterocycles. The van der Waals surface area contributed by atoms with Crippen LogP contribution in [0.5, 0.6) is 11.5 Å². The number of rotatable bonds is 5. The van der Waals surface area contributed by atoms with Gasteiger partial charge in [0.2, 0.25) is 0 Å². The van der Waals surface area contributed by atoms with Crippen LogP contribution < -0.4 is 9.47 Å². The van der Waals surface area contributed by atoms with E-state index < -0.39 is 0 Å². The fourth-order valence-corrected chi connectivity index (χ4v) is 4.38. The molecule has 0 fully saturated rings. The first-order valence-corrected chi connectivity index (χ1v) is 9.82. The van der Waals surface area contributed by atoms with E-state index in [0.717, 1.165) is 17.7 Å². The molecule has 3 aromatic rings. The van der Waals surface area contributed by atoms with Gasteiger partial charge in [0.25, 0.3) is 5.91 Å². The van der Waals surface area contributed by atoms with Gasteiger partial charge in [0.05, 0.1) is 13.2 Å². The molecule has 0 unspecified atom stereocenters. The lowest BCUT2D eigenvalue weighted by Gasteiger charge is -2.36. The van der Waals surface area contributed by atoms with E-state index in [2.05, 4.69) is 23.6 Å². The summed E-state index contributed by atoms with van der Waals surface area (Å²) >= 11 is 1.77. The number of carbonyl (C=O) groups excluding carboxylic acids is 1. The Hall–Kier alpha value is -2.79. The first-order chi connectivity index (χ1) is 13.3. The number of methoxy groups -OCH3 is 1. The summed E-state index contributed by atoms with van der Waals surface area (Å²) in [5, 5.41) is 2.11. The van der Waals surface area contributed by atoms with E-state index in [9.17, 15) is 4.79 Å². The van der Waals surface area contributed by atoms with Crippen LogP contribution in [0.4, 0.5) is 0 Å². The lowest BCUT2D eigenvalue weighted by Crippen LogP contribution is -2.42. The molecule has 1 atom stereocenters. The molecule has 27 heavy (non-hydrogen) atoms. The van der Waals surface area contributed by atoms with Crippen molar-refractivity contribution in [3.63, 3.8) is 0 Å². The number of carbonyl (C=O) groups is 1. The summed E-state index contributed by atoms with van der Waals surface area (Å²) in [4.78, 5) is 16.3. The van der Waals surface area contributed by atoms with Crippen molar-refractivity contribution in [2.45, 2.75) is 12.5 Å². The van der Waals surface area contributed by atoms with E-state index in [1.807, 2.05) is 47.4 Å². The number of hydrogen-bond donors (Lipinski definition) is 0. The fourth-order valence-electron chi connectivity index (χ4n) is 3.48. The second-order valence-electron chi connectivity index (χ2n) is 6.41. The van der Waals surface area contributed by atoms with Crippen molar-refractivity contribution < 1.29 is 14.3 Å². The number of fused-ring (bicyclic) bond motifs is 1. The minimum absolute atomic E-state index is 0.00322. The maximum Gasteiger partial charge on any atom is 0.261 e. The summed E-state index contributed by atoms with van der Waals surface area (Å²) in [5.74, 6) is 1.42. The van der Waals surface area contributed by atoms with E-state index >= 15 is 0 Å². The van der Waals surface area contributed by atoms with Crippen LogP contribution in [0.1, 0.15) is 22.0 Å². The van der Waals surface area contributed by atoms with Gasteiger partial charge in [0.1, 0.15) is 11.5 Å². The highest BCUT2D eigenvalue weighted by atomic mass is 32.1. The van der Waals surface area contributed by atoms with Gasteiger partial charge < -0.3 is 14.4 Å². The molecule has 0 saturated carbocycles. The Kier molecular flexibility index (Phi) is 5.12. The Labute approximate surface area is 163 Å². The molecule has 0 aliphatic carbocycles. The molecule has 2 aromatic carbocycles. The van der Waals surface area contributed by atoms with Crippen LogP contribution in [-0.4, -0.2) is 31.1 Å². The Balaban J connectivity index is 1.53. The van der Waals surface area contributed by atoms with Gasteiger partial charge in [-0.25, -0.2) is 0 Å². The van der Waals surface area contributed by atoms with Crippen molar-refractivity contribution in [2.75, 3.05) is 20.3 Å². The second kappa shape index (κ2) is 7.84. The monoisotopic (exact) mass is 379 g/mol. The summed E-state index contributed by atoms with van der Waals surface area (Å²) in [6.07, 6.45) is 0.893. The standard InChI is InChI=1S/C22H21NO3S/c1-25-17-7-9-18(10-8-17)26-15-21(24)23-13-11-20-19(12-14-27-20)22(23)16-5-3-2-4-6-16/h2-10,12,14,22H,11,13,15H2,1H3/t22-/m1/s1. The largest absolute Gasteiger partial charge is 0.497 e. The predicted molar refractivity (Wildman–Crippen MR) is 107 cm³/mol. The highest BCUT2D eigenvalue weighted by Crippen LogP contribution is 2.37. The lowest BCUT2D eigenvalue weighted by molar-refractivity contribution is -0.135. The van der Waals surface area contributed by atoms with Crippen LogP contribution in [-0.2, 0) is 11.2 Å². The summed E-state index contributed by atoms with van der Waals surface area (Å²) in [5.41, 5.74) is 2.37. The summed E-state index contributed by atoms with van der Waals surface area (Å²) < 4.78 is 10.9. The van der Waals surface area contributed by atoms with Gasteiger partial charge in [-0.1, -0.05) is 30.3 Å². The van der Waals surface area contributed by atoms with Crippen molar-refractivity contribution in [2.24, 2.45) is 0 Å². The maximum absolute atomic E-state index is 13.0. The molecule has 1 amide bonds. The van der Waals surface area contributed by atoms with Gasteiger partial charge in [-0.05, 0) is 53.3 Å². The molecule has 138 valence electrons.